The van der Waals surface area contributed by atoms with E-state index >= 15 is 0 Å². The van der Waals surface area contributed by atoms with Gasteiger partial charge in [-0.3, -0.25) is 0 Å². The zero-order valence-electron chi connectivity index (χ0n) is 5.35. The van der Waals surface area contributed by atoms with E-state index < -0.39 is 0 Å². The Morgan fingerprint density at radius 1 is 1.62 bits per heavy atom. The van der Waals surface area contributed by atoms with Crippen molar-refractivity contribution in [1.82, 2.24) is 0 Å². The van der Waals surface area contributed by atoms with E-state index in [1.54, 1.807) is 18.2 Å². The molecule has 0 aliphatic rings. The Bertz CT molecular complexity index is 101. The molecule has 0 aromatic rings. The third-order valence-corrected chi connectivity index (χ3v) is 0.736. The van der Waals surface area contributed by atoms with Crippen molar-refractivity contribution >= 4 is 0 Å². The lowest BCUT2D eigenvalue weighted by Crippen LogP contribution is -1.98. The van der Waals surface area contributed by atoms with Crippen LogP contribution in [0.15, 0.2) is 24.0 Å². The molecule has 46 valence electrons. The predicted molar refractivity (Wildman–Crippen MR) is 33.2 cm³/mol. The van der Waals surface area contributed by atoms with E-state index in [4.69, 9.17) is 0 Å². The Hall–Kier alpha value is -0.720. The molecule has 1 nitrogen and oxygen atoms in total. The second-order valence-electron chi connectivity index (χ2n) is 1.51. The molecule has 0 N–H and O–H groups in total. The second kappa shape index (κ2) is 4.44. The lowest BCUT2D eigenvalue weighted by molar-refractivity contribution is -0.295. The standard InChI is InChI=1S/C7H12O/c1-3-5-7(8)6-4-2/h3,5-6,8H,4H2,1-2H3/p-1/b5-3-,7-6?. The van der Waals surface area contributed by atoms with Crippen molar-refractivity contribution in [3.8, 4) is 0 Å². The molecule has 0 spiro atoms. The van der Waals surface area contributed by atoms with Crippen LogP contribution in [0.4, 0.5) is 0 Å². The number of allylic oxidation sites excluding steroid dienone is 3. The van der Waals surface area contributed by atoms with Gasteiger partial charge in [0.1, 0.15) is 0 Å². The molecular weight excluding hydrogens is 100 g/mol. The molecule has 0 rings (SSSR count). The molecule has 0 radical (unpaired) electrons. The highest BCUT2D eigenvalue weighted by atomic mass is 16.3. The quantitative estimate of drug-likeness (QED) is 0.388. The van der Waals surface area contributed by atoms with Crippen LogP contribution in [-0.4, -0.2) is 0 Å². The molecule has 0 fully saturated rings. The summed E-state index contributed by atoms with van der Waals surface area (Å²) in [7, 11) is 0. The molecule has 8 heavy (non-hydrogen) atoms. The average Bonchev–Trinajstić information content (AvgIpc) is 1.68. The van der Waals surface area contributed by atoms with E-state index in [2.05, 4.69) is 0 Å². The van der Waals surface area contributed by atoms with Crippen molar-refractivity contribution in [2.24, 2.45) is 0 Å². The first-order valence-electron chi connectivity index (χ1n) is 2.81. The minimum absolute atomic E-state index is 0.106. The maximum Gasteiger partial charge on any atom is -0.0382 e. The predicted octanol–water partition coefficient (Wildman–Crippen LogP) is 1.22. The van der Waals surface area contributed by atoms with Crippen LogP contribution < -0.4 is 5.11 Å². The van der Waals surface area contributed by atoms with E-state index in [0.29, 0.717) is 0 Å². The van der Waals surface area contributed by atoms with Crippen LogP contribution in [0.3, 0.4) is 0 Å². The summed E-state index contributed by atoms with van der Waals surface area (Å²) in [6.07, 6.45) is 5.78. The van der Waals surface area contributed by atoms with E-state index in [0.717, 1.165) is 6.42 Å². The molecule has 0 bridgehead atoms. The smallest absolute Gasteiger partial charge is 0.0382 e. The lowest BCUT2D eigenvalue weighted by Gasteiger charge is -2.02. The number of rotatable bonds is 2. The summed E-state index contributed by atoms with van der Waals surface area (Å²) in [4.78, 5) is 0. The third-order valence-electron chi connectivity index (χ3n) is 0.736. The number of hydrogen-bond acceptors (Lipinski definition) is 1. The van der Waals surface area contributed by atoms with Crippen LogP contribution in [0, 0.1) is 0 Å². The number of hydrogen-bond donors (Lipinski definition) is 0. The van der Waals surface area contributed by atoms with E-state index in [1.807, 2.05) is 13.8 Å². The Kier molecular flexibility index (Phi) is 4.04. The van der Waals surface area contributed by atoms with Crippen LogP contribution in [0.1, 0.15) is 20.3 Å². The summed E-state index contributed by atoms with van der Waals surface area (Å²) in [6, 6.07) is 0. The summed E-state index contributed by atoms with van der Waals surface area (Å²) < 4.78 is 0. The van der Waals surface area contributed by atoms with Gasteiger partial charge in [-0.1, -0.05) is 25.2 Å². The minimum atomic E-state index is 0.106. The first kappa shape index (κ1) is 7.28. The average molecular weight is 111 g/mol. The normalized spacial score (nSPS) is 13.0. The highest BCUT2D eigenvalue weighted by Gasteiger charge is 1.66. The largest absolute Gasteiger partial charge is 0.873 e. The molecule has 0 aliphatic heterocycles. The van der Waals surface area contributed by atoms with Crippen LogP contribution >= 0.6 is 0 Å². The maximum atomic E-state index is 10.5. The summed E-state index contributed by atoms with van der Waals surface area (Å²) in [6.45, 7) is 3.78. The van der Waals surface area contributed by atoms with Crippen molar-refractivity contribution in [3.05, 3.63) is 24.0 Å². The zero-order valence-corrected chi connectivity index (χ0v) is 5.35. The van der Waals surface area contributed by atoms with Gasteiger partial charge in [-0.05, 0) is 13.3 Å². The van der Waals surface area contributed by atoms with E-state index in [-0.39, 0.29) is 5.76 Å². The Balaban J connectivity index is 3.61. The fourth-order valence-corrected chi connectivity index (χ4v) is 0.433. The van der Waals surface area contributed by atoms with Crippen molar-refractivity contribution in [2.45, 2.75) is 20.3 Å². The molecule has 0 heterocycles. The molecule has 0 saturated heterocycles. The highest BCUT2D eigenvalue weighted by Crippen LogP contribution is 1.87. The first-order chi connectivity index (χ1) is 3.81. The Morgan fingerprint density at radius 2 is 2.25 bits per heavy atom. The van der Waals surface area contributed by atoms with Gasteiger partial charge >= 0.3 is 0 Å². The molecule has 1 heteroatoms. The van der Waals surface area contributed by atoms with Crippen molar-refractivity contribution < 1.29 is 5.11 Å². The van der Waals surface area contributed by atoms with Crippen molar-refractivity contribution in [3.63, 3.8) is 0 Å². The minimum Gasteiger partial charge on any atom is -0.873 e. The molecule has 0 aromatic carbocycles. The monoisotopic (exact) mass is 111 g/mol. The van der Waals surface area contributed by atoms with Crippen LogP contribution in [0.5, 0.6) is 0 Å². The van der Waals surface area contributed by atoms with Crippen LogP contribution in [-0.2, 0) is 0 Å². The van der Waals surface area contributed by atoms with Gasteiger partial charge in [-0.25, -0.2) is 0 Å². The molecule has 0 amide bonds. The first-order valence-corrected chi connectivity index (χ1v) is 2.81. The van der Waals surface area contributed by atoms with E-state index in [1.165, 1.54) is 0 Å². The fraction of sp³-hybridized carbons (Fsp3) is 0.429. The van der Waals surface area contributed by atoms with Gasteiger partial charge in [-0.2, -0.15) is 0 Å². The van der Waals surface area contributed by atoms with E-state index in [9.17, 15) is 5.11 Å². The second-order valence-corrected chi connectivity index (χ2v) is 1.51. The maximum absolute atomic E-state index is 10.5. The molecule has 0 atom stereocenters. The Morgan fingerprint density at radius 3 is 2.62 bits per heavy atom. The third kappa shape index (κ3) is 3.47. The fourth-order valence-electron chi connectivity index (χ4n) is 0.433. The topological polar surface area (TPSA) is 23.1 Å². The Labute approximate surface area is 50.3 Å². The molecule has 0 aliphatic carbocycles. The van der Waals surface area contributed by atoms with Gasteiger partial charge in [0.2, 0.25) is 0 Å². The summed E-state index contributed by atoms with van der Waals surface area (Å²) in [5.41, 5.74) is 0. The zero-order chi connectivity index (χ0) is 6.41. The van der Waals surface area contributed by atoms with Crippen LogP contribution in [0.25, 0.3) is 0 Å². The van der Waals surface area contributed by atoms with Gasteiger partial charge < -0.3 is 5.11 Å². The van der Waals surface area contributed by atoms with Gasteiger partial charge in [0.25, 0.3) is 0 Å². The summed E-state index contributed by atoms with van der Waals surface area (Å²) >= 11 is 0. The molecule has 0 aromatic heterocycles. The SMILES string of the molecule is C/C=C\C([O-])=CCC. The van der Waals surface area contributed by atoms with Crippen molar-refractivity contribution in [1.29, 1.82) is 0 Å². The summed E-state index contributed by atoms with van der Waals surface area (Å²) in [5.74, 6) is 0.106. The molecule has 0 saturated carbocycles. The lowest BCUT2D eigenvalue weighted by atomic mass is 10.3. The van der Waals surface area contributed by atoms with Gasteiger partial charge in [0, 0.05) is 0 Å². The molecule has 0 unspecified atom stereocenters. The van der Waals surface area contributed by atoms with Crippen LogP contribution in [0.2, 0.25) is 0 Å². The van der Waals surface area contributed by atoms with Gasteiger partial charge in [0.05, 0.1) is 0 Å². The van der Waals surface area contributed by atoms with Gasteiger partial charge in [0.15, 0.2) is 0 Å². The molecular formula is C7H11O-. The van der Waals surface area contributed by atoms with Crippen molar-refractivity contribution in [2.75, 3.05) is 0 Å². The highest BCUT2D eigenvalue weighted by molar-refractivity contribution is 5.07. The van der Waals surface area contributed by atoms with Gasteiger partial charge in [-0.15, -0.1) is 5.76 Å². The summed E-state index contributed by atoms with van der Waals surface area (Å²) in [5, 5.41) is 10.5.